The van der Waals surface area contributed by atoms with Gasteiger partial charge in [0.1, 0.15) is 6.54 Å². The highest BCUT2D eigenvalue weighted by atomic mass is 19.4. The molecule has 0 aliphatic carbocycles. The molecule has 4 atom stereocenters. The van der Waals surface area contributed by atoms with E-state index in [-0.39, 0.29) is 24.7 Å². The molecular formula is C27H24F6N8O6. The number of hydrogen-bond donors (Lipinski definition) is 7. The Bertz CT molecular complexity index is 1690. The maximum Gasteiger partial charge on any atom is 0.417 e. The average Bonchev–Trinajstić information content (AvgIpc) is 3.57. The Morgan fingerprint density at radius 2 is 1.68 bits per heavy atom. The average molecular weight is 671 g/mol. The van der Waals surface area contributed by atoms with Crippen molar-refractivity contribution in [1.29, 1.82) is 10.8 Å². The fourth-order valence-corrected chi connectivity index (χ4v) is 6.32. The second kappa shape index (κ2) is 10.5. The zero-order chi connectivity index (χ0) is 34.3. The first-order chi connectivity index (χ1) is 21.9. The molecule has 2 aromatic carbocycles. The van der Waals surface area contributed by atoms with Gasteiger partial charge in [0.2, 0.25) is 5.79 Å². The lowest BCUT2D eigenvalue weighted by atomic mass is 9.85. The van der Waals surface area contributed by atoms with E-state index < -0.39 is 102 Å². The fourth-order valence-electron chi connectivity index (χ4n) is 6.32. The van der Waals surface area contributed by atoms with Gasteiger partial charge < -0.3 is 35.8 Å². The Labute approximate surface area is 259 Å². The van der Waals surface area contributed by atoms with Crippen LogP contribution in [0.2, 0.25) is 0 Å². The number of nitrogens with one attached hydrogen (secondary N) is 5. The van der Waals surface area contributed by atoms with E-state index in [1.807, 2.05) is 0 Å². The minimum Gasteiger partial charge on any atom is -0.451 e. The quantitative estimate of drug-likeness (QED) is 0.104. The Balaban J connectivity index is 1.30. The maximum atomic E-state index is 13.7. The lowest BCUT2D eigenvalue weighted by molar-refractivity contribution is -0.258. The number of benzene rings is 2. The number of imide groups is 1. The summed E-state index contributed by atoms with van der Waals surface area (Å²) in [5, 5.41) is 47.5. The lowest BCUT2D eigenvalue weighted by Crippen LogP contribution is -2.81. The zero-order valence-electron chi connectivity index (χ0n) is 23.6. The minimum absolute atomic E-state index is 0.0467. The molecule has 20 heteroatoms. The van der Waals surface area contributed by atoms with E-state index in [2.05, 4.69) is 16.0 Å². The summed E-state index contributed by atoms with van der Waals surface area (Å²) in [5.74, 6) is -7.06. The van der Waals surface area contributed by atoms with Gasteiger partial charge >= 0.3 is 24.4 Å². The highest BCUT2D eigenvalue weighted by Gasteiger charge is 2.75. The van der Waals surface area contributed by atoms with Crippen molar-refractivity contribution < 1.29 is 55.7 Å². The van der Waals surface area contributed by atoms with Crippen LogP contribution in [-0.2, 0) is 21.9 Å². The number of halogens is 6. The minimum atomic E-state index is -5.29. The van der Waals surface area contributed by atoms with E-state index in [1.54, 1.807) is 30.3 Å². The van der Waals surface area contributed by atoms with Gasteiger partial charge in [-0.3, -0.25) is 25.4 Å². The molecule has 2 aromatic rings. The highest BCUT2D eigenvalue weighted by molar-refractivity contribution is 6.12. The van der Waals surface area contributed by atoms with E-state index in [4.69, 9.17) is 15.6 Å². The number of alkyl halides is 6. The molecule has 0 bridgehead atoms. The van der Waals surface area contributed by atoms with Gasteiger partial charge in [-0.25, -0.2) is 9.59 Å². The van der Waals surface area contributed by atoms with E-state index in [1.165, 1.54) is 4.90 Å². The van der Waals surface area contributed by atoms with Crippen molar-refractivity contribution in [2.45, 2.75) is 42.0 Å². The van der Waals surface area contributed by atoms with Crippen LogP contribution in [0.5, 0.6) is 0 Å². The van der Waals surface area contributed by atoms with Gasteiger partial charge in [0.15, 0.2) is 23.7 Å². The number of carbonyl (C=O) groups is 3. The third-order valence-corrected chi connectivity index (χ3v) is 8.47. The van der Waals surface area contributed by atoms with E-state index >= 15 is 0 Å². The molecule has 4 unspecified atom stereocenters. The number of amides is 3. The normalized spacial score (nSPS) is 26.9. The molecule has 4 aliphatic rings. The number of urea groups is 1. The molecule has 250 valence electrons. The summed E-state index contributed by atoms with van der Waals surface area (Å²) in [6.45, 7) is -1.58. The van der Waals surface area contributed by atoms with Crippen LogP contribution in [0.4, 0.5) is 36.8 Å². The van der Waals surface area contributed by atoms with Crippen molar-refractivity contribution in [2.75, 3.05) is 24.5 Å². The summed E-state index contributed by atoms with van der Waals surface area (Å²) in [4.78, 5) is 42.1. The van der Waals surface area contributed by atoms with Gasteiger partial charge in [0, 0.05) is 5.69 Å². The number of rotatable bonds is 5. The van der Waals surface area contributed by atoms with Crippen LogP contribution in [-0.4, -0.2) is 99.1 Å². The lowest BCUT2D eigenvalue weighted by Gasteiger charge is -2.51. The van der Waals surface area contributed by atoms with E-state index in [9.17, 15) is 50.9 Å². The number of carbonyl (C=O) groups excluding carboxylic acids is 3. The predicted molar refractivity (Wildman–Crippen MR) is 146 cm³/mol. The summed E-state index contributed by atoms with van der Waals surface area (Å²) < 4.78 is 86.0. The van der Waals surface area contributed by atoms with Crippen LogP contribution >= 0.6 is 0 Å². The SMILES string of the molecule is N=C1NC2C(CN3C(=O)CN(c4ccccc4)C3=O)NC(=N)N3CC(OC(=O)c4cc(C(F)(F)F)ccc4C(F)(F)F)C(O)(O)C23N1. The fraction of sp³-hybridized carbons (Fsp3) is 0.370. The van der Waals surface area contributed by atoms with Crippen LogP contribution in [0, 0.1) is 10.8 Å². The monoisotopic (exact) mass is 670 g/mol. The molecule has 6 rings (SSSR count). The third-order valence-electron chi connectivity index (χ3n) is 8.47. The van der Waals surface area contributed by atoms with Crippen molar-refractivity contribution in [3.8, 4) is 0 Å². The van der Waals surface area contributed by atoms with Gasteiger partial charge in [0.05, 0.1) is 41.9 Å². The molecule has 47 heavy (non-hydrogen) atoms. The molecule has 4 aliphatic heterocycles. The van der Waals surface area contributed by atoms with Crippen LogP contribution in [0.1, 0.15) is 21.5 Å². The first-order valence-corrected chi connectivity index (χ1v) is 13.7. The van der Waals surface area contributed by atoms with Crippen LogP contribution in [0.15, 0.2) is 48.5 Å². The summed E-state index contributed by atoms with van der Waals surface area (Å²) in [7, 11) is 0. The molecule has 0 aromatic heterocycles. The summed E-state index contributed by atoms with van der Waals surface area (Å²) in [5.41, 5.74) is -6.85. The second-order valence-corrected chi connectivity index (χ2v) is 11.2. The number of para-hydroxylation sites is 1. The van der Waals surface area contributed by atoms with Gasteiger partial charge in [0.25, 0.3) is 5.91 Å². The topological polar surface area (TPSA) is 194 Å². The van der Waals surface area contributed by atoms with Gasteiger partial charge in [-0.15, -0.1) is 0 Å². The third kappa shape index (κ3) is 4.94. The highest BCUT2D eigenvalue weighted by Crippen LogP contribution is 2.45. The van der Waals surface area contributed by atoms with Crippen molar-refractivity contribution in [2.24, 2.45) is 0 Å². The standard InChI is InChI=1S/C27H24F6N8O6/c28-26(29,30)12-6-7-15(27(31,32)33)14(8-12)20(43)47-17-10-41-22(35)36-16(19-24(41,25(17,45)46)38-21(34)37-19)9-40-18(42)11-39(23(40)44)13-4-2-1-3-5-13/h1-8,16-17,19,45-46H,9-11H2,(H2,35,36)(H3,34,37,38). The van der Waals surface area contributed by atoms with Crippen LogP contribution < -0.4 is 20.9 Å². The van der Waals surface area contributed by atoms with Gasteiger partial charge in [-0.1, -0.05) is 18.2 Å². The van der Waals surface area contributed by atoms with Crippen molar-refractivity contribution in [1.82, 2.24) is 25.8 Å². The Morgan fingerprint density at radius 1 is 1.00 bits per heavy atom. The Hall–Kier alpha value is -5.11. The molecule has 4 heterocycles. The smallest absolute Gasteiger partial charge is 0.417 e. The van der Waals surface area contributed by atoms with Gasteiger partial charge in [-0.05, 0) is 30.3 Å². The first kappa shape index (κ1) is 31.9. The number of ether oxygens (including phenoxy) is 1. The molecule has 3 amide bonds. The van der Waals surface area contributed by atoms with E-state index in [0.29, 0.717) is 5.69 Å². The number of nitrogens with zero attached hydrogens (tertiary/aromatic N) is 3. The molecular weight excluding hydrogens is 646 g/mol. The number of guanidine groups is 2. The second-order valence-electron chi connectivity index (χ2n) is 11.2. The van der Waals surface area contributed by atoms with Crippen molar-refractivity contribution in [3.63, 3.8) is 0 Å². The van der Waals surface area contributed by atoms with Crippen LogP contribution in [0.3, 0.4) is 0 Å². The number of hydrogen-bond acceptors (Lipinski definition) is 8. The Morgan fingerprint density at radius 3 is 2.32 bits per heavy atom. The predicted octanol–water partition coefficient (Wildman–Crippen LogP) is 0.814. The molecule has 4 saturated heterocycles. The van der Waals surface area contributed by atoms with Gasteiger partial charge in [-0.2, -0.15) is 26.3 Å². The summed E-state index contributed by atoms with van der Waals surface area (Å²) in [6.07, 6.45) is -12.6. The largest absolute Gasteiger partial charge is 0.451 e. The number of esters is 1. The molecule has 4 fully saturated rings. The van der Waals surface area contributed by atoms with Crippen molar-refractivity contribution in [3.05, 3.63) is 65.2 Å². The summed E-state index contributed by atoms with van der Waals surface area (Å²) >= 11 is 0. The molecule has 14 nitrogen and oxygen atoms in total. The molecule has 1 spiro atoms. The molecule has 0 radical (unpaired) electrons. The van der Waals surface area contributed by atoms with E-state index in [0.717, 1.165) is 9.80 Å². The summed E-state index contributed by atoms with van der Waals surface area (Å²) in [6, 6.07) is 5.00. The Kier molecular flexibility index (Phi) is 7.09. The molecule has 0 saturated carbocycles. The van der Waals surface area contributed by atoms with Crippen molar-refractivity contribution >= 4 is 35.5 Å². The van der Waals surface area contributed by atoms with Crippen LogP contribution in [0.25, 0.3) is 0 Å². The number of anilines is 1. The molecule has 7 N–H and O–H groups in total. The number of aliphatic hydroxyl groups is 2. The first-order valence-electron chi connectivity index (χ1n) is 13.7. The zero-order valence-corrected chi connectivity index (χ0v) is 23.6. The maximum absolute atomic E-state index is 13.7.